The van der Waals surface area contributed by atoms with Crippen LogP contribution >= 0.6 is 24.0 Å². The van der Waals surface area contributed by atoms with Crippen molar-refractivity contribution in [3.05, 3.63) is 17.2 Å². The lowest BCUT2D eigenvalue weighted by Gasteiger charge is -2.30. The summed E-state index contributed by atoms with van der Waals surface area (Å²) in [5, 5.41) is 3.38. The molecule has 1 aromatic carbocycles. The molecule has 2 N–H and O–H groups in total. The van der Waals surface area contributed by atoms with Crippen LogP contribution in [0.25, 0.3) is 0 Å². The Morgan fingerprint density at radius 2 is 1.91 bits per heavy atom. The van der Waals surface area contributed by atoms with E-state index < -0.39 is 10.0 Å². The molecule has 0 bridgehead atoms. The number of nitrogens with one attached hydrogen (secondary N) is 2. The first-order valence-corrected chi connectivity index (χ1v) is 9.15. The second kappa shape index (κ2) is 7.44. The molecule has 0 saturated carbocycles. The summed E-state index contributed by atoms with van der Waals surface area (Å²) in [7, 11) is -3.70. The Bertz CT molecular complexity index is 669. The lowest BCUT2D eigenvalue weighted by molar-refractivity contribution is 0.171. The summed E-state index contributed by atoms with van der Waals surface area (Å²) < 4.78 is 38.9. The van der Waals surface area contributed by atoms with Crippen LogP contribution in [0, 0.1) is 5.92 Å². The van der Waals surface area contributed by atoms with Crippen molar-refractivity contribution in [3.63, 3.8) is 0 Å². The molecule has 2 aliphatic rings. The third-order valence-electron chi connectivity index (χ3n) is 3.98. The molecule has 9 heteroatoms. The molecule has 0 amide bonds. The maximum absolute atomic E-state index is 12.6. The van der Waals surface area contributed by atoms with Crippen molar-refractivity contribution in [1.29, 1.82) is 0 Å². The van der Waals surface area contributed by atoms with Crippen LogP contribution in [0.4, 0.5) is 0 Å². The van der Waals surface area contributed by atoms with E-state index in [4.69, 9.17) is 21.1 Å². The smallest absolute Gasteiger partial charge is 0.242 e. The van der Waals surface area contributed by atoms with Gasteiger partial charge in [-0.05, 0) is 25.4 Å². The molecule has 130 valence electrons. The van der Waals surface area contributed by atoms with Crippen molar-refractivity contribution >= 4 is 34.0 Å². The highest BCUT2D eigenvalue weighted by atomic mass is 35.5. The highest BCUT2D eigenvalue weighted by molar-refractivity contribution is 7.89. The van der Waals surface area contributed by atoms with Crippen molar-refractivity contribution in [2.45, 2.75) is 24.3 Å². The quantitative estimate of drug-likeness (QED) is 0.833. The monoisotopic (exact) mass is 382 g/mol. The predicted octanol–water partition coefficient (Wildman–Crippen LogP) is 1.81. The highest BCUT2D eigenvalue weighted by Crippen LogP contribution is 2.37. The largest absolute Gasteiger partial charge is 0.486 e. The zero-order chi connectivity index (χ0) is 15.7. The number of fused-ring (bicyclic) bond motifs is 1. The number of benzene rings is 1. The summed E-state index contributed by atoms with van der Waals surface area (Å²) in [4.78, 5) is 0.0316. The van der Waals surface area contributed by atoms with Crippen LogP contribution in [0.3, 0.4) is 0 Å². The summed E-state index contributed by atoms with van der Waals surface area (Å²) >= 11 is 6.13. The second-order valence-electron chi connectivity index (χ2n) is 5.62. The molecule has 1 fully saturated rings. The van der Waals surface area contributed by atoms with Crippen molar-refractivity contribution in [2.75, 3.05) is 26.3 Å². The molecule has 2 heterocycles. The van der Waals surface area contributed by atoms with Gasteiger partial charge in [-0.1, -0.05) is 18.5 Å². The number of sulfonamides is 1. The minimum Gasteiger partial charge on any atom is -0.486 e. The molecule has 3 rings (SSSR count). The van der Waals surface area contributed by atoms with E-state index in [0.29, 0.717) is 24.7 Å². The summed E-state index contributed by atoms with van der Waals surface area (Å²) in [5.41, 5.74) is 0. The summed E-state index contributed by atoms with van der Waals surface area (Å²) in [6.07, 6.45) is 0.753. The first-order chi connectivity index (χ1) is 10.5. The van der Waals surface area contributed by atoms with Gasteiger partial charge in [-0.15, -0.1) is 12.4 Å². The maximum atomic E-state index is 12.6. The zero-order valence-electron chi connectivity index (χ0n) is 12.7. The molecular formula is C14H20Cl2N2O4S. The van der Waals surface area contributed by atoms with Crippen molar-refractivity contribution in [1.82, 2.24) is 10.0 Å². The zero-order valence-corrected chi connectivity index (χ0v) is 15.1. The average molecular weight is 383 g/mol. The molecule has 0 aliphatic carbocycles. The number of piperidine rings is 1. The first kappa shape index (κ1) is 18.6. The van der Waals surface area contributed by atoms with E-state index in [1.807, 2.05) is 6.92 Å². The SMILES string of the molecule is CC1CNCCC1NS(=O)(=O)c1cc2c(cc1Cl)OCCO2.Cl. The Labute approximate surface area is 147 Å². The third-order valence-corrected chi connectivity index (χ3v) is 5.93. The normalized spacial score (nSPS) is 23.9. The minimum absolute atomic E-state index is 0. The molecule has 2 aliphatic heterocycles. The molecule has 1 saturated heterocycles. The lowest BCUT2D eigenvalue weighted by Crippen LogP contribution is -2.48. The van der Waals surface area contributed by atoms with Gasteiger partial charge < -0.3 is 14.8 Å². The molecule has 6 nitrogen and oxygen atoms in total. The Morgan fingerprint density at radius 1 is 1.26 bits per heavy atom. The minimum atomic E-state index is -3.70. The molecule has 0 spiro atoms. The summed E-state index contributed by atoms with van der Waals surface area (Å²) in [6.45, 7) is 4.44. The van der Waals surface area contributed by atoms with Gasteiger partial charge >= 0.3 is 0 Å². The molecule has 2 atom stereocenters. The van der Waals surface area contributed by atoms with Gasteiger partial charge in [-0.25, -0.2) is 13.1 Å². The maximum Gasteiger partial charge on any atom is 0.242 e. The van der Waals surface area contributed by atoms with Crippen molar-refractivity contribution in [3.8, 4) is 11.5 Å². The first-order valence-electron chi connectivity index (χ1n) is 7.29. The van der Waals surface area contributed by atoms with E-state index in [0.717, 1.165) is 19.5 Å². The van der Waals surface area contributed by atoms with Gasteiger partial charge in [0.25, 0.3) is 0 Å². The van der Waals surface area contributed by atoms with Gasteiger partial charge in [0, 0.05) is 18.2 Å². The van der Waals surface area contributed by atoms with E-state index in [9.17, 15) is 8.42 Å². The molecule has 0 radical (unpaired) electrons. The van der Waals surface area contributed by atoms with E-state index >= 15 is 0 Å². The van der Waals surface area contributed by atoms with Gasteiger partial charge in [-0.3, -0.25) is 0 Å². The van der Waals surface area contributed by atoms with Crippen molar-refractivity contribution in [2.24, 2.45) is 5.92 Å². The second-order valence-corrected chi connectivity index (χ2v) is 7.71. The van der Waals surface area contributed by atoms with Gasteiger partial charge in [0.15, 0.2) is 11.5 Å². The van der Waals surface area contributed by atoms with Crippen LogP contribution < -0.4 is 19.5 Å². The number of halogens is 2. The van der Waals surface area contributed by atoms with E-state index in [-0.39, 0.29) is 34.3 Å². The van der Waals surface area contributed by atoms with Gasteiger partial charge in [-0.2, -0.15) is 0 Å². The van der Waals surface area contributed by atoms with Crippen molar-refractivity contribution < 1.29 is 17.9 Å². The fourth-order valence-corrected chi connectivity index (χ4v) is 4.62. The Balaban J connectivity index is 0.00000192. The van der Waals surface area contributed by atoms with Crippen LogP contribution in [0.15, 0.2) is 17.0 Å². The number of hydrogen-bond donors (Lipinski definition) is 2. The topological polar surface area (TPSA) is 76.7 Å². The summed E-state index contributed by atoms with van der Waals surface area (Å²) in [6, 6.07) is 2.83. The highest BCUT2D eigenvalue weighted by Gasteiger charge is 2.29. The predicted molar refractivity (Wildman–Crippen MR) is 90.5 cm³/mol. The number of ether oxygens (including phenoxy) is 2. The molecule has 2 unspecified atom stereocenters. The van der Waals surface area contributed by atoms with Gasteiger partial charge in [0.1, 0.15) is 18.1 Å². The Kier molecular flexibility index (Phi) is 6.02. The fraction of sp³-hybridized carbons (Fsp3) is 0.571. The van der Waals surface area contributed by atoms with Gasteiger partial charge in [0.2, 0.25) is 10.0 Å². The van der Waals surface area contributed by atoms with Crippen LogP contribution in [0.5, 0.6) is 11.5 Å². The Morgan fingerprint density at radius 3 is 2.57 bits per heavy atom. The lowest BCUT2D eigenvalue weighted by atomic mass is 9.97. The van der Waals surface area contributed by atoms with Crippen LogP contribution in [0.2, 0.25) is 5.02 Å². The van der Waals surface area contributed by atoms with Crippen LogP contribution in [-0.2, 0) is 10.0 Å². The van der Waals surface area contributed by atoms with E-state index in [1.54, 1.807) is 0 Å². The standard InChI is InChI=1S/C14H19ClN2O4S.ClH/c1-9-8-16-3-2-11(9)17-22(18,19)14-7-13-12(6-10(14)15)20-4-5-21-13;/h6-7,9,11,16-17H,2-5,8H2,1H3;1H. The number of rotatable bonds is 3. The Hall–Kier alpha value is -0.730. The third kappa shape index (κ3) is 4.03. The number of hydrogen-bond acceptors (Lipinski definition) is 5. The van der Waals surface area contributed by atoms with Gasteiger partial charge in [0.05, 0.1) is 5.02 Å². The fourth-order valence-electron chi connectivity index (χ4n) is 2.70. The van der Waals surface area contributed by atoms with E-state index in [2.05, 4.69) is 10.0 Å². The molecule has 0 aromatic heterocycles. The molecule has 23 heavy (non-hydrogen) atoms. The molecular weight excluding hydrogens is 363 g/mol. The average Bonchev–Trinajstić information content (AvgIpc) is 2.48. The van der Waals surface area contributed by atoms with Crippen LogP contribution in [0.1, 0.15) is 13.3 Å². The summed E-state index contributed by atoms with van der Waals surface area (Å²) in [5.74, 6) is 1.11. The molecule has 1 aromatic rings. The van der Waals surface area contributed by atoms with E-state index in [1.165, 1.54) is 12.1 Å². The van der Waals surface area contributed by atoms with Crippen LogP contribution in [-0.4, -0.2) is 40.8 Å².